The van der Waals surface area contributed by atoms with E-state index >= 15 is 0 Å². The third-order valence-corrected chi connectivity index (χ3v) is 3.31. The molecular weight excluding hydrogens is 248 g/mol. The van der Waals surface area contributed by atoms with Gasteiger partial charge in [0.25, 0.3) is 0 Å². The van der Waals surface area contributed by atoms with E-state index in [0.29, 0.717) is 5.69 Å². The molecule has 0 amide bonds. The number of benzene rings is 2. The Bertz CT molecular complexity index is 781. The van der Waals surface area contributed by atoms with Crippen molar-refractivity contribution in [3.05, 3.63) is 53.9 Å². The molecule has 20 heavy (non-hydrogen) atoms. The van der Waals surface area contributed by atoms with E-state index in [0.717, 1.165) is 22.4 Å². The first kappa shape index (κ1) is 12.4. The second kappa shape index (κ2) is 4.81. The molecule has 1 aromatic heterocycles. The molecule has 0 fully saturated rings. The zero-order chi connectivity index (χ0) is 14.1. The highest BCUT2D eigenvalue weighted by Crippen LogP contribution is 2.26. The van der Waals surface area contributed by atoms with Crippen LogP contribution in [-0.2, 0) is 0 Å². The van der Waals surface area contributed by atoms with Crippen LogP contribution in [0.3, 0.4) is 0 Å². The maximum absolute atomic E-state index is 5.79. The standard InChI is InChI=1S/C16H16N4/c1-10-3-4-11(2)14(7-10)20-16-13-6-5-12(17)8-15(13)18-9-19-16/h3-9H,17H2,1-2H3,(H,18,19,20). The molecule has 0 aliphatic carbocycles. The number of aryl methyl sites for hydroxylation is 2. The Morgan fingerprint density at radius 3 is 2.70 bits per heavy atom. The van der Waals surface area contributed by atoms with Gasteiger partial charge in [-0.05, 0) is 49.2 Å². The van der Waals surface area contributed by atoms with Gasteiger partial charge in [-0.25, -0.2) is 9.97 Å². The van der Waals surface area contributed by atoms with Crippen molar-refractivity contribution in [2.75, 3.05) is 11.1 Å². The van der Waals surface area contributed by atoms with E-state index in [-0.39, 0.29) is 0 Å². The van der Waals surface area contributed by atoms with Crippen molar-refractivity contribution in [3.63, 3.8) is 0 Å². The lowest BCUT2D eigenvalue weighted by molar-refractivity contribution is 1.21. The van der Waals surface area contributed by atoms with Crippen molar-refractivity contribution < 1.29 is 0 Å². The normalized spacial score (nSPS) is 10.7. The van der Waals surface area contributed by atoms with Crippen molar-refractivity contribution in [1.29, 1.82) is 0 Å². The largest absolute Gasteiger partial charge is 0.399 e. The molecule has 0 aliphatic rings. The molecule has 4 heteroatoms. The van der Waals surface area contributed by atoms with Crippen molar-refractivity contribution >= 4 is 28.1 Å². The summed E-state index contributed by atoms with van der Waals surface area (Å²) in [6.07, 6.45) is 1.55. The maximum atomic E-state index is 5.79. The highest BCUT2D eigenvalue weighted by Gasteiger charge is 2.06. The van der Waals surface area contributed by atoms with Crippen LogP contribution in [0.15, 0.2) is 42.7 Å². The van der Waals surface area contributed by atoms with Gasteiger partial charge in [0.1, 0.15) is 12.1 Å². The van der Waals surface area contributed by atoms with Crippen molar-refractivity contribution in [1.82, 2.24) is 9.97 Å². The topological polar surface area (TPSA) is 63.8 Å². The summed E-state index contributed by atoms with van der Waals surface area (Å²) < 4.78 is 0. The van der Waals surface area contributed by atoms with Crippen molar-refractivity contribution in [2.45, 2.75) is 13.8 Å². The van der Waals surface area contributed by atoms with Gasteiger partial charge in [0.15, 0.2) is 0 Å². The number of hydrogen-bond donors (Lipinski definition) is 2. The molecule has 100 valence electrons. The molecule has 0 aliphatic heterocycles. The van der Waals surface area contributed by atoms with Crippen LogP contribution in [0.5, 0.6) is 0 Å². The lowest BCUT2D eigenvalue weighted by atomic mass is 10.1. The van der Waals surface area contributed by atoms with Crippen LogP contribution in [0.1, 0.15) is 11.1 Å². The molecule has 0 bridgehead atoms. The Morgan fingerprint density at radius 1 is 1.00 bits per heavy atom. The highest BCUT2D eigenvalue weighted by molar-refractivity contribution is 5.92. The number of rotatable bonds is 2. The van der Waals surface area contributed by atoms with E-state index in [1.54, 1.807) is 6.33 Å². The molecule has 4 nitrogen and oxygen atoms in total. The average Bonchev–Trinajstić information content (AvgIpc) is 2.43. The van der Waals surface area contributed by atoms with E-state index < -0.39 is 0 Å². The molecule has 0 spiro atoms. The van der Waals surface area contributed by atoms with Crippen LogP contribution in [0.4, 0.5) is 17.2 Å². The fraction of sp³-hybridized carbons (Fsp3) is 0.125. The monoisotopic (exact) mass is 264 g/mol. The summed E-state index contributed by atoms with van der Waals surface area (Å²) in [5, 5.41) is 4.34. The molecule has 0 radical (unpaired) electrons. The first-order chi connectivity index (χ1) is 9.63. The first-order valence-corrected chi connectivity index (χ1v) is 6.48. The number of nitrogens with zero attached hydrogens (tertiary/aromatic N) is 2. The summed E-state index contributed by atoms with van der Waals surface area (Å²) in [4.78, 5) is 8.59. The molecular formula is C16H16N4. The van der Waals surface area contributed by atoms with E-state index in [9.17, 15) is 0 Å². The number of anilines is 3. The number of fused-ring (bicyclic) bond motifs is 1. The zero-order valence-corrected chi connectivity index (χ0v) is 11.5. The van der Waals surface area contributed by atoms with Crippen LogP contribution in [0, 0.1) is 13.8 Å². The minimum atomic E-state index is 0.703. The van der Waals surface area contributed by atoms with Gasteiger partial charge in [-0.1, -0.05) is 12.1 Å². The van der Waals surface area contributed by atoms with Gasteiger partial charge < -0.3 is 11.1 Å². The predicted octanol–water partition coefficient (Wildman–Crippen LogP) is 3.57. The molecule has 3 rings (SSSR count). The van der Waals surface area contributed by atoms with Gasteiger partial charge in [-0.2, -0.15) is 0 Å². The number of aromatic nitrogens is 2. The lowest BCUT2D eigenvalue weighted by Crippen LogP contribution is -1.98. The fourth-order valence-corrected chi connectivity index (χ4v) is 2.17. The van der Waals surface area contributed by atoms with Gasteiger partial charge in [-0.3, -0.25) is 0 Å². The first-order valence-electron chi connectivity index (χ1n) is 6.48. The van der Waals surface area contributed by atoms with Gasteiger partial charge in [-0.15, -0.1) is 0 Å². The van der Waals surface area contributed by atoms with Crippen molar-refractivity contribution in [3.8, 4) is 0 Å². The summed E-state index contributed by atoms with van der Waals surface area (Å²) >= 11 is 0. The van der Waals surface area contributed by atoms with Crippen LogP contribution < -0.4 is 11.1 Å². The number of nitrogens with two attached hydrogens (primary N) is 1. The van der Waals surface area contributed by atoms with Crippen LogP contribution in [-0.4, -0.2) is 9.97 Å². The summed E-state index contributed by atoms with van der Waals surface area (Å²) in [5.41, 5.74) is 10.8. The summed E-state index contributed by atoms with van der Waals surface area (Å²) in [7, 11) is 0. The van der Waals surface area contributed by atoms with Crippen LogP contribution in [0.25, 0.3) is 10.9 Å². The maximum Gasteiger partial charge on any atom is 0.141 e. The van der Waals surface area contributed by atoms with E-state index in [1.807, 2.05) is 18.2 Å². The Morgan fingerprint density at radius 2 is 1.85 bits per heavy atom. The highest BCUT2D eigenvalue weighted by atomic mass is 15.0. The van der Waals surface area contributed by atoms with E-state index in [1.165, 1.54) is 11.1 Å². The average molecular weight is 264 g/mol. The van der Waals surface area contributed by atoms with Gasteiger partial charge in [0, 0.05) is 16.8 Å². The number of hydrogen-bond acceptors (Lipinski definition) is 4. The minimum absolute atomic E-state index is 0.703. The minimum Gasteiger partial charge on any atom is -0.399 e. The Labute approximate surface area is 117 Å². The number of nitrogen functional groups attached to an aromatic ring is 1. The van der Waals surface area contributed by atoms with Crippen LogP contribution in [0.2, 0.25) is 0 Å². The molecule has 0 atom stereocenters. The Hall–Kier alpha value is -2.62. The fourth-order valence-electron chi connectivity index (χ4n) is 2.17. The Balaban J connectivity index is 2.09. The number of nitrogens with one attached hydrogen (secondary N) is 1. The van der Waals surface area contributed by atoms with E-state index in [4.69, 9.17) is 5.73 Å². The predicted molar refractivity (Wildman–Crippen MR) is 83.1 cm³/mol. The smallest absolute Gasteiger partial charge is 0.141 e. The molecule has 1 heterocycles. The molecule has 0 unspecified atom stereocenters. The molecule has 0 saturated heterocycles. The van der Waals surface area contributed by atoms with Gasteiger partial charge >= 0.3 is 0 Å². The molecule has 2 aromatic carbocycles. The van der Waals surface area contributed by atoms with Gasteiger partial charge in [0.05, 0.1) is 5.52 Å². The molecule has 3 aromatic rings. The quantitative estimate of drug-likeness (QED) is 0.694. The Kier molecular flexibility index (Phi) is 2.99. The van der Waals surface area contributed by atoms with Crippen molar-refractivity contribution in [2.24, 2.45) is 0 Å². The third kappa shape index (κ3) is 2.28. The summed E-state index contributed by atoms with van der Waals surface area (Å²) in [6.45, 7) is 4.15. The summed E-state index contributed by atoms with van der Waals surface area (Å²) in [6, 6.07) is 12.0. The second-order valence-electron chi connectivity index (χ2n) is 4.94. The zero-order valence-electron chi connectivity index (χ0n) is 11.5. The van der Waals surface area contributed by atoms with E-state index in [2.05, 4.69) is 47.3 Å². The lowest BCUT2D eigenvalue weighted by Gasteiger charge is -2.11. The second-order valence-corrected chi connectivity index (χ2v) is 4.94. The SMILES string of the molecule is Cc1ccc(C)c(Nc2ncnc3cc(N)ccc23)c1. The summed E-state index contributed by atoms with van der Waals surface area (Å²) in [5.74, 6) is 0.795. The molecule has 0 saturated carbocycles. The van der Waals surface area contributed by atoms with Gasteiger partial charge in [0.2, 0.25) is 0 Å². The third-order valence-electron chi connectivity index (χ3n) is 3.31. The van der Waals surface area contributed by atoms with Crippen LogP contribution >= 0.6 is 0 Å². The molecule has 3 N–H and O–H groups in total.